The fourth-order valence-electron chi connectivity index (χ4n) is 1.78. The van der Waals surface area contributed by atoms with Gasteiger partial charge in [-0.25, -0.2) is 0 Å². The zero-order chi connectivity index (χ0) is 13.7. The molecular weight excluding hydrogens is 238 g/mol. The number of benzene rings is 1. The van der Waals surface area contributed by atoms with E-state index in [1.807, 2.05) is 19.1 Å². The van der Waals surface area contributed by atoms with Gasteiger partial charge in [-0.3, -0.25) is 4.98 Å². The third-order valence-corrected chi connectivity index (χ3v) is 2.74. The molecule has 1 aromatic heterocycles. The molecule has 0 bridgehead atoms. The zero-order valence-corrected chi connectivity index (χ0v) is 10.7. The normalized spacial score (nSPS) is 13.3. The molecule has 0 radical (unpaired) electrons. The maximum absolute atomic E-state index is 8.76. The van der Waals surface area contributed by atoms with Crippen LogP contribution in [0.1, 0.15) is 24.2 Å². The number of rotatable bonds is 4. The molecular formula is C15H15N3O. The lowest BCUT2D eigenvalue weighted by molar-refractivity contribution is 0.180. The van der Waals surface area contributed by atoms with Crippen LogP contribution in [-0.4, -0.2) is 11.0 Å². The van der Waals surface area contributed by atoms with Crippen molar-refractivity contribution in [3.63, 3.8) is 0 Å². The summed E-state index contributed by atoms with van der Waals surface area (Å²) >= 11 is 0. The van der Waals surface area contributed by atoms with E-state index < -0.39 is 0 Å². The molecule has 19 heavy (non-hydrogen) atoms. The summed E-state index contributed by atoms with van der Waals surface area (Å²) in [7, 11) is 0. The molecule has 1 aromatic carbocycles. The smallest absolute Gasteiger partial charge is 0.140 e. The van der Waals surface area contributed by atoms with Gasteiger partial charge in [0.05, 0.1) is 11.6 Å². The number of hydrogen-bond acceptors (Lipinski definition) is 4. The Morgan fingerprint density at radius 2 is 2.00 bits per heavy atom. The number of pyridine rings is 1. The molecule has 0 aliphatic carbocycles. The monoisotopic (exact) mass is 253 g/mol. The highest BCUT2D eigenvalue weighted by atomic mass is 16.5. The maximum atomic E-state index is 8.76. The van der Waals surface area contributed by atoms with Gasteiger partial charge in [0.1, 0.15) is 11.9 Å². The molecule has 1 heterocycles. The first-order valence-electron chi connectivity index (χ1n) is 6.03. The lowest BCUT2D eigenvalue weighted by Crippen LogP contribution is -2.29. The van der Waals surface area contributed by atoms with Crippen LogP contribution >= 0.6 is 0 Å². The van der Waals surface area contributed by atoms with Crippen LogP contribution in [-0.2, 0) is 0 Å². The predicted molar refractivity (Wildman–Crippen MR) is 72.4 cm³/mol. The summed E-state index contributed by atoms with van der Waals surface area (Å²) in [5, 5.41) is 8.76. The third-order valence-electron chi connectivity index (χ3n) is 2.74. The highest BCUT2D eigenvalue weighted by Crippen LogP contribution is 2.23. The minimum Gasteiger partial charge on any atom is -0.484 e. The molecule has 0 fully saturated rings. The zero-order valence-electron chi connectivity index (χ0n) is 10.7. The standard InChI is InChI=1S/C15H15N3O/c1-11(17)15(13-3-2-8-18-10-13)19-14-6-4-12(9-16)5-7-14/h2-8,10-11,15H,17H2,1H3. The number of hydrogen-bond donors (Lipinski definition) is 1. The van der Waals surface area contributed by atoms with Gasteiger partial charge in [-0.15, -0.1) is 0 Å². The minimum atomic E-state index is -0.262. The highest BCUT2D eigenvalue weighted by molar-refractivity contribution is 5.35. The van der Waals surface area contributed by atoms with Crippen LogP contribution in [0.5, 0.6) is 5.75 Å². The SMILES string of the molecule is CC(N)C(Oc1ccc(C#N)cc1)c1cccnc1. The Morgan fingerprint density at radius 3 is 2.53 bits per heavy atom. The molecule has 2 unspecified atom stereocenters. The van der Waals surface area contributed by atoms with Gasteiger partial charge >= 0.3 is 0 Å². The van der Waals surface area contributed by atoms with Crippen molar-refractivity contribution in [1.82, 2.24) is 4.98 Å². The van der Waals surface area contributed by atoms with Crippen molar-refractivity contribution < 1.29 is 4.74 Å². The Kier molecular flexibility index (Phi) is 4.11. The summed E-state index contributed by atoms with van der Waals surface area (Å²) in [6, 6.07) is 12.7. The second-order valence-electron chi connectivity index (χ2n) is 4.32. The van der Waals surface area contributed by atoms with E-state index in [4.69, 9.17) is 15.7 Å². The minimum absolute atomic E-state index is 0.167. The molecule has 0 aliphatic heterocycles. The molecule has 0 aliphatic rings. The molecule has 0 amide bonds. The Bertz CT molecular complexity index is 558. The van der Waals surface area contributed by atoms with Crippen molar-refractivity contribution in [3.05, 3.63) is 59.9 Å². The van der Waals surface area contributed by atoms with E-state index in [0.29, 0.717) is 11.3 Å². The molecule has 2 N–H and O–H groups in total. The number of nitrogens with zero attached hydrogens (tertiary/aromatic N) is 2. The Labute approximate surface area is 112 Å². The van der Waals surface area contributed by atoms with Crippen LogP contribution in [0.3, 0.4) is 0 Å². The van der Waals surface area contributed by atoms with Crippen molar-refractivity contribution >= 4 is 0 Å². The molecule has 0 saturated carbocycles. The maximum Gasteiger partial charge on any atom is 0.140 e. The lowest BCUT2D eigenvalue weighted by atomic mass is 10.1. The second-order valence-corrected chi connectivity index (χ2v) is 4.32. The van der Waals surface area contributed by atoms with Gasteiger partial charge in [0.25, 0.3) is 0 Å². The molecule has 0 spiro atoms. The van der Waals surface area contributed by atoms with Gasteiger partial charge in [0.2, 0.25) is 0 Å². The van der Waals surface area contributed by atoms with Crippen LogP contribution in [0.4, 0.5) is 0 Å². The Morgan fingerprint density at radius 1 is 1.26 bits per heavy atom. The average Bonchev–Trinajstić information content (AvgIpc) is 2.46. The molecule has 96 valence electrons. The predicted octanol–water partition coefficient (Wildman–Crippen LogP) is 2.42. The van der Waals surface area contributed by atoms with E-state index in [1.165, 1.54) is 0 Å². The van der Waals surface area contributed by atoms with Crippen molar-refractivity contribution in [2.45, 2.75) is 19.1 Å². The van der Waals surface area contributed by atoms with Gasteiger partial charge in [-0.05, 0) is 37.3 Å². The molecule has 2 aromatic rings. The van der Waals surface area contributed by atoms with Gasteiger partial charge in [0, 0.05) is 24.0 Å². The van der Waals surface area contributed by atoms with Crippen molar-refractivity contribution in [3.8, 4) is 11.8 Å². The fraction of sp³-hybridized carbons (Fsp3) is 0.200. The van der Waals surface area contributed by atoms with E-state index in [1.54, 1.807) is 36.7 Å². The van der Waals surface area contributed by atoms with Gasteiger partial charge < -0.3 is 10.5 Å². The molecule has 2 rings (SSSR count). The summed E-state index contributed by atoms with van der Waals surface area (Å²) in [4.78, 5) is 4.08. The lowest BCUT2D eigenvalue weighted by Gasteiger charge is -2.22. The first-order valence-corrected chi connectivity index (χ1v) is 6.03. The summed E-state index contributed by atoms with van der Waals surface area (Å²) in [6.45, 7) is 1.89. The fourth-order valence-corrected chi connectivity index (χ4v) is 1.78. The van der Waals surface area contributed by atoms with Crippen molar-refractivity contribution in [1.29, 1.82) is 5.26 Å². The van der Waals surface area contributed by atoms with E-state index >= 15 is 0 Å². The third kappa shape index (κ3) is 3.30. The molecule has 4 heteroatoms. The van der Waals surface area contributed by atoms with Crippen molar-refractivity contribution in [2.24, 2.45) is 5.73 Å². The van der Waals surface area contributed by atoms with Crippen LogP contribution in [0.25, 0.3) is 0 Å². The first kappa shape index (κ1) is 13.1. The van der Waals surface area contributed by atoms with Crippen LogP contribution in [0, 0.1) is 11.3 Å². The second kappa shape index (κ2) is 5.98. The largest absolute Gasteiger partial charge is 0.484 e. The Hall–Kier alpha value is -2.38. The van der Waals surface area contributed by atoms with E-state index in [2.05, 4.69) is 11.1 Å². The number of aromatic nitrogens is 1. The highest BCUT2D eigenvalue weighted by Gasteiger charge is 2.18. The van der Waals surface area contributed by atoms with E-state index in [9.17, 15) is 0 Å². The quantitative estimate of drug-likeness (QED) is 0.908. The topological polar surface area (TPSA) is 71.9 Å². The van der Waals surface area contributed by atoms with Gasteiger partial charge in [-0.2, -0.15) is 5.26 Å². The van der Waals surface area contributed by atoms with Crippen molar-refractivity contribution in [2.75, 3.05) is 0 Å². The number of nitriles is 1. The Balaban J connectivity index is 2.20. The number of ether oxygens (including phenoxy) is 1. The van der Waals surface area contributed by atoms with E-state index in [-0.39, 0.29) is 12.1 Å². The van der Waals surface area contributed by atoms with Gasteiger partial charge in [0.15, 0.2) is 0 Å². The first-order chi connectivity index (χ1) is 9.20. The summed E-state index contributed by atoms with van der Waals surface area (Å²) in [6.07, 6.45) is 3.20. The summed E-state index contributed by atoms with van der Waals surface area (Å²) in [5.41, 5.74) is 7.50. The average molecular weight is 253 g/mol. The summed E-state index contributed by atoms with van der Waals surface area (Å²) in [5.74, 6) is 0.685. The summed E-state index contributed by atoms with van der Waals surface area (Å²) < 4.78 is 5.89. The van der Waals surface area contributed by atoms with Gasteiger partial charge in [-0.1, -0.05) is 6.07 Å². The van der Waals surface area contributed by atoms with Crippen LogP contribution < -0.4 is 10.5 Å². The van der Waals surface area contributed by atoms with Crippen LogP contribution in [0.15, 0.2) is 48.8 Å². The number of nitrogens with two attached hydrogens (primary N) is 1. The molecule has 0 saturated heterocycles. The van der Waals surface area contributed by atoms with Crippen LogP contribution in [0.2, 0.25) is 0 Å². The molecule has 4 nitrogen and oxygen atoms in total. The molecule has 2 atom stereocenters. The van der Waals surface area contributed by atoms with E-state index in [0.717, 1.165) is 5.56 Å².